The molecule has 0 amide bonds. The van der Waals surface area contributed by atoms with Crippen LogP contribution in [0.25, 0.3) is 0 Å². The van der Waals surface area contributed by atoms with Gasteiger partial charge in [0.2, 0.25) is 0 Å². The van der Waals surface area contributed by atoms with E-state index < -0.39 is 6.10 Å². The summed E-state index contributed by atoms with van der Waals surface area (Å²) in [4.78, 5) is 0. The second-order valence-electron chi connectivity index (χ2n) is 4.08. The van der Waals surface area contributed by atoms with Crippen LogP contribution in [-0.4, -0.2) is 17.7 Å². The smallest absolute Gasteiger partial charge is 0.0802 e. The first-order valence-electron chi connectivity index (χ1n) is 5.36. The summed E-state index contributed by atoms with van der Waals surface area (Å²) >= 11 is 0. The molecule has 0 fully saturated rings. The van der Waals surface area contributed by atoms with E-state index in [4.69, 9.17) is 5.73 Å². The van der Waals surface area contributed by atoms with E-state index in [2.05, 4.69) is 19.2 Å². The average Bonchev–Trinajstić information content (AvgIpc) is 2.17. The van der Waals surface area contributed by atoms with E-state index in [1.807, 2.05) is 24.3 Å². The molecule has 0 radical (unpaired) electrons. The van der Waals surface area contributed by atoms with Crippen LogP contribution in [0.3, 0.4) is 0 Å². The number of anilines is 1. The topological polar surface area (TPSA) is 58.3 Å². The minimum atomic E-state index is -0.431. The van der Waals surface area contributed by atoms with Gasteiger partial charge in [0, 0.05) is 11.7 Å². The maximum Gasteiger partial charge on any atom is 0.0802 e. The second-order valence-corrected chi connectivity index (χ2v) is 4.08. The van der Waals surface area contributed by atoms with E-state index in [9.17, 15) is 5.11 Å². The quantitative estimate of drug-likeness (QED) is 0.645. The standard InChI is InChI=1S/C12H20N2O/c1-9(2)14-7-6-12(15)10-4-3-5-11(13)8-10/h3-5,8-9,12,14-15H,6-7,13H2,1-2H3. The van der Waals surface area contributed by atoms with E-state index in [0.29, 0.717) is 18.2 Å². The Bertz CT molecular complexity index is 299. The van der Waals surface area contributed by atoms with Crippen LogP contribution in [0.1, 0.15) is 31.9 Å². The number of rotatable bonds is 5. The molecule has 0 aromatic heterocycles. The number of aliphatic hydroxyl groups excluding tert-OH is 1. The lowest BCUT2D eigenvalue weighted by Gasteiger charge is -2.13. The molecule has 0 aliphatic heterocycles. The molecule has 0 spiro atoms. The van der Waals surface area contributed by atoms with Gasteiger partial charge in [-0.05, 0) is 30.7 Å². The zero-order valence-electron chi connectivity index (χ0n) is 9.40. The van der Waals surface area contributed by atoms with Gasteiger partial charge in [-0.25, -0.2) is 0 Å². The van der Waals surface area contributed by atoms with Gasteiger partial charge >= 0.3 is 0 Å². The first kappa shape index (κ1) is 12.0. The predicted octanol–water partition coefficient (Wildman–Crippen LogP) is 1.69. The Hall–Kier alpha value is -1.06. The van der Waals surface area contributed by atoms with Crippen molar-refractivity contribution in [2.45, 2.75) is 32.4 Å². The minimum Gasteiger partial charge on any atom is -0.399 e. The average molecular weight is 208 g/mol. The van der Waals surface area contributed by atoms with Crippen LogP contribution in [0.15, 0.2) is 24.3 Å². The van der Waals surface area contributed by atoms with Crippen molar-refractivity contribution in [2.75, 3.05) is 12.3 Å². The molecular weight excluding hydrogens is 188 g/mol. The summed E-state index contributed by atoms with van der Waals surface area (Å²) < 4.78 is 0. The zero-order valence-corrected chi connectivity index (χ0v) is 9.40. The van der Waals surface area contributed by atoms with Gasteiger partial charge in [0.15, 0.2) is 0 Å². The van der Waals surface area contributed by atoms with Crippen molar-refractivity contribution in [1.29, 1.82) is 0 Å². The third-order valence-electron chi connectivity index (χ3n) is 2.27. The van der Waals surface area contributed by atoms with Crippen LogP contribution < -0.4 is 11.1 Å². The summed E-state index contributed by atoms with van der Waals surface area (Å²) in [6, 6.07) is 7.86. The predicted molar refractivity (Wildman–Crippen MR) is 63.6 cm³/mol. The highest BCUT2D eigenvalue weighted by molar-refractivity contribution is 5.41. The maximum absolute atomic E-state index is 9.86. The highest BCUT2D eigenvalue weighted by Crippen LogP contribution is 2.18. The molecule has 1 aromatic carbocycles. The molecule has 84 valence electrons. The van der Waals surface area contributed by atoms with Crippen LogP contribution in [0.2, 0.25) is 0 Å². The van der Waals surface area contributed by atoms with Gasteiger partial charge in [-0.3, -0.25) is 0 Å². The fraction of sp³-hybridized carbons (Fsp3) is 0.500. The highest BCUT2D eigenvalue weighted by atomic mass is 16.3. The minimum absolute atomic E-state index is 0.431. The Kier molecular flexibility index (Phi) is 4.59. The number of nitrogens with two attached hydrogens (primary N) is 1. The molecular formula is C12H20N2O. The van der Waals surface area contributed by atoms with Crippen molar-refractivity contribution in [3.8, 4) is 0 Å². The first-order valence-corrected chi connectivity index (χ1v) is 5.36. The second kappa shape index (κ2) is 5.73. The monoisotopic (exact) mass is 208 g/mol. The van der Waals surface area contributed by atoms with Crippen LogP contribution >= 0.6 is 0 Å². The third-order valence-corrected chi connectivity index (χ3v) is 2.27. The van der Waals surface area contributed by atoms with Crippen molar-refractivity contribution in [2.24, 2.45) is 0 Å². The van der Waals surface area contributed by atoms with E-state index in [0.717, 1.165) is 12.1 Å². The SMILES string of the molecule is CC(C)NCCC(O)c1cccc(N)c1. The number of hydrogen-bond acceptors (Lipinski definition) is 3. The maximum atomic E-state index is 9.86. The molecule has 0 heterocycles. The fourth-order valence-corrected chi connectivity index (χ4v) is 1.44. The molecule has 1 unspecified atom stereocenters. The molecule has 0 aliphatic rings. The molecule has 1 atom stereocenters. The lowest BCUT2D eigenvalue weighted by atomic mass is 10.1. The molecule has 1 aromatic rings. The third kappa shape index (κ3) is 4.32. The van der Waals surface area contributed by atoms with Gasteiger partial charge in [-0.2, -0.15) is 0 Å². The van der Waals surface area contributed by atoms with E-state index >= 15 is 0 Å². The Morgan fingerprint density at radius 3 is 2.73 bits per heavy atom. The van der Waals surface area contributed by atoms with Gasteiger partial charge in [-0.1, -0.05) is 26.0 Å². The summed E-state index contributed by atoms with van der Waals surface area (Å²) in [6.45, 7) is 4.99. The Balaban J connectivity index is 2.43. The largest absolute Gasteiger partial charge is 0.399 e. The van der Waals surface area contributed by atoms with Crippen LogP contribution in [-0.2, 0) is 0 Å². The van der Waals surface area contributed by atoms with Crippen LogP contribution in [0, 0.1) is 0 Å². The fourth-order valence-electron chi connectivity index (χ4n) is 1.44. The van der Waals surface area contributed by atoms with Crippen molar-refractivity contribution in [3.05, 3.63) is 29.8 Å². The molecule has 4 N–H and O–H groups in total. The van der Waals surface area contributed by atoms with Crippen molar-refractivity contribution < 1.29 is 5.11 Å². The molecule has 0 saturated heterocycles. The van der Waals surface area contributed by atoms with Crippen molar-refractivity contribution >= 4 is 5.69 Å². The van der Waals surface area contributed by atoms with Crippen LogP contribution in [0.5, 0.6) is 0 Å². The summed E-state index contributed by atoms with van der Waals surface area (Å²) in [5.41, 5.74) is 7.23. The molecule has 0 bridgehead atoms. The van der Waals surface area contributed by atoms with E-state index in [-0.39, 0.29) is 0 Å². The first-order chi connectivity index (χ1) is 7.09. The van der Waals surface area contributed by atoms with Crippen molar-refractivity contribution in [1.82, 2.24) is 5.32 Å². The zero-order chi connectivity index (χ0) is 11.3. The molecule has 1 rings (SSSR count). The van der Waals surface area contributed by atoms with Gasteiger partial charge in [-0.15, -0.1) is 0 Å². The lowest BCUT2D eigenvalue weighted by Crippen LogP contribution is -2.24. The number of hydrogen-bond donors (Lipinski definition) is 3. The summed E-state index contributed by atoms with van der Waals surface area (Å²) in [6.07, 6.45) is 0.279. The van der Waals surface area contributed by atoms with Crippen molar-refractivity contribution in [3.63, 3.8) is 0 Å². The van der Waals surface area contributed by atoms with Gasteiger partial charge in [0.05, 0.1) is 6.10 Å². The van der Waals surface area contributed by atoms with E-state index in [1.165, 1.54) is 0 Å². The molecule has 3 heteroatoms. The molecule has 0 aliphatic carbocycles. The number of aliphatic hydroxyl groups is 1. The molecule has 15 heavy (non-hydrogen) atoms. The highest BCUT2D eigenvalue weighted by Gasteiger charge is 2.07. The summed E-state index contributed by atoms with van der Waals surface area (Å²) in [7, 11) is 0. The van der Waals surface area contributed by atoms with Gasteiger partial charge in [0.1, 0.15) is 0 Å². The Morgan fingerprint density at radius 1 is 1.40 bits per heavy atom. The number of nitrogens with one attached hydrogen (secondary N) is 1. The summed E-state index contributed by atoms with van der Waals surface area (Å²) in [5, 5.41) is 13.1. The van der Waals surface area contributed by atoms with Gasteiger partial charge in [0.25, 0.3) is 0 Å². The van der Waals surface area contributed by atoms with Crippen LogP contribution in [0.4, 0.5) is 5.69 Å². The Labute approximate surface area is 91.3 Å². The van der Waals surface area contributed by atoms with E-state index in [1.54, 1.807) is 0 Å². The number of benzene rings is 1. The number of nitrogen functional groups attached to an aromatic ring is 1. The molecule has 3 nitrogen and oxygen atoms in total. The summed E-state index contributed by atoms with van der Waals surface area (Å²) in [5.74, 6) is 0. The normalized spacial score (nSPS) is 13.1. The Morgan fingerprint density at radius 2 is 2.13 bits per heavy atom. The van der Waals surface area contributed by atoms with Gasteiger partial charge < -0.3 is 16.2 Å². The lowest BCUT2D eigenvalue weighted by molar-refractivity contribution is 0.166. The molecule has 0 saturated carbocycles.